The summed E-state index contributed by atoms with van der Waals surface area (Å²) in [6.07, 6.45) is 2.90. The molecular weight excluding hydrogens is 442 g/mol. The second kappa shape index (κ2) is 8.41. The van der Waals surface area contributed by atoms with Gasteiger partial charge in [-0.2, -0.15) is 5.26 Å². The van der Waals surface area contributed by atoms with Crippen molar-refractivity contribution in [1.29, 1.82) is 5.26 Å². The fourth-order valence-corrected chi connectivity index (χ4v) is 6.04. The highest BCUT2D eigenvalue weighted by Crippen LogP contribution is 2.44. The average Bonchev–Trinajstić information content (AvgIpc) is 3.39. The van der Waals surface area contributed by atoms with Gasteiger partial charge in [0.1, 0.15) is 22.5 Å². The molecule has 1 amide bonds. The van der Waals surface area contributed by atoms with Gasteiger partial charge in [-0.05, 0) is 67.3 Å². The molecule has 0 radical (unpaired) electrons. The summed E-state index contributed by atoms with van der Waals surface area (Å²) >= 11 is 1.55. The largest absolute Gasteiger partial charge is 0.460 e. The van der Waals surface area contributed by atoms with Crippen LogP contribution in [-0.2, 0) is 12.8 Å². The quantitative estimate of drug-likeness (QED) is 0.346. The number of hydrogen-bond donors (Lipinski definition) is 1. The Bertz CT molecular complexity index is 1450. The lowest BCUT2D eigenvalue weighted by Crippen LogP contribution is -2.26. The van der Waals surface area contributed by atoms with Crippen molar-refractivity contribution in [2.75, 3.05) is 5.32 Å². The van der Waals surface area contributed by atoms with Crippen LogP contribution < -0.4 is 5.32 Å². The standard InChI is InChI=1S/C28H27N3O2S/c1-16-9-12-24(33-16)23-14-20(18-7-5-6-8-22(18)30-23)26(32)31-27-21(15-29)19-11-10-17(28(2,3)4)13-25(19)34-27/h5-9,12,14,17H,10-11,13H2,1-4H3,(H,31,32)/t17-/m1/s1. The smallest absolute Gasteiger partial charge is 0.257 e. The first kappa shape index (κ1) is 22.4. The number of nitrogens with one attached hydrogen (secondary N) is 1. The molecule has 0 aliphatic heterocycles. The Balaban J connectivity index is 1.53. The highest BCUT2D eigenvalue weighted by molar-refractivity contribution is 7.16. The number of thiophene rings is 1. The van der Waals surface area contributed by atoms with Crippen molar-refractivity contribution in [3.05, 3.63) is 69.8 Å². The number of hydrogen-bond acceptors (Lipinski definition) is 5. The normalized spacial score (nSPS) is 15.7. The summed E-state index contributed by atoms with van der Waals surface area (Å²) in [7, 11) is 0. The molecule has 0 saturated heterocycles. The van der Waals surface area contributed by atoms with Gasteiger partial charge in [0.2, 0.25) is 0 Å². The topological polar surface area (TPSA) is 78.9 Å². The zero-order valence-electron chi connectivity index (χ0n) is 19.9. The van der Waals surface area contributed by atoms with Gasteiger partial charge in [-0.3, -0.25) is 4.79 Å². The number of furan rings is 1. The van der Waals surface area contributed by atoms with Crippen molar-refractivity contribution in [2.24, 2.45) is 11.3 Å². The van der Waals surface area contributed by atoms with Gasteiger partial charge in [0.25, 0.3) is 5.91 Å². The Hall–Kier alpha value is -3.43. The molecule has 34 heavy (non-hydrogen) atoms. The maximum Gasteiger partial charge on any atom is 0.257 e. The van der Waals surface area contributed by atoms with E-state index >= 15 is 0 Å². The molecule has 3 heterocycles. The fourth-order valence-electron chi connectivity index (χ4n) is 4.76. The van der Waals surface area contributed by atoms with Gasteiger partial charge in [0, 0.05) is 10.3 Å². The fraction of sp³-hybridized carbons (Fsp3) is 0.321. The first-order valence-corrected chi connectivity index (χ1v) is 12.4. The number of amides is 1. The molecule has 0 fully saturated rings. The summed E-state index contributed by atoms with van der Waals surface area (Å²) in [5.41, 5.74) is 3.77. The van der Waals surface area contributed by atoms with Gasteiger partial charge in [-0.25, -0.2) is 4.98 Å². The molecule has 5 nitrogen and oxygen atoms in total. The predicted octanol–water partition coefficient (Wildman–Crippen LogP) is 7.14. The molecule has 0 bridgehead atoms. The Kier molecular flexibility index (Phi) is 5.53. The summed E-state index contributed by atoms with van der Waals surface area (Å²) in [5, 5.41) is 14.4. The molecular formula is C28H27N3O2S. The van der Waals surface area contributed by atoms with Crippen LogP contribution in [0.2, 0.25) is 0 Å². The molecule has 6 heteroatoms. The van der Waals surface area contributed by atoms with Crippen molar-refractivity contribution in [1.82, 2.24) is 4.98 Å². The highest BCUT2D eigenvalue weighted by atomic mass is 32.1. The van der Waals surface area contributed by atoms with Gasteiger partial charge < -0.3 is 9.73 Å². The van der Waals surface area contributed by atoms with Crippen LogP contribution in [0.25, 0.3) is 22.4 Å². The van der Waals surface area contributed by atoms with Crippen LogP contribution in [0.3, 0.4) is 0 Å². The Morgan fingerprint density at radius 3 is 2.74 bits per heavy atom. The second-order valence-corrected chi connectivity index (χ2v) is 11.2. The lowest BCUT2D eigenvalue weighted by Gasteiger charge is -2.33. The number of fused-ring (bicyclic) bond motifs is 2. The maximum atomic E-state index is 13.5. The van der Waals surface area contributed by atoms with Crippen LogP contribution in [0.15, 0.2) is 46.9 Å². The Morgan fingerprint density at radius 1 is 1.24 bits per heavy atom. The van der Waals surface area contributed by atoms with Gasteiger partial charge in [-0.1, -0.05) is 39.0 Å². The number of carbonyl (C=O) groups is 1. The average molecular weight is 470 g/mol. The van der Waals surface area contributed by atoms with Gasteiger partial charge in [-0.15, -0.1) is 11.3 Å². The third kappa shape index (κ3) is 4.01. The molecule has 1 N–H and O–H groups in total. The number of nitrogens with zero attached hydrogens (tertiary/aromatic N) is 2. The van der Waals surface area contributed by atoms with E-state index in [1.165, 1.54) is 4.88 Å². The molecule has 0 spiro atoms. The Morgan fingerprint density at radius 2 is 2.03 bits per heavy atom. The number of para-hydroxylation sites is 1. The first-order valence-electron chi connectivity index (χ1n) is 11.6. The van der Waals surface area contributed by atoms with E-state index in [9.17, 15) is 10.1 Å². The van der Waals surface area contributed by atoms with Crippen LogP contribution in [0, 0.1) is 29.6 Å². The summed E-state index contributed by atoms with van der Waals surface area (Å²) in [4.78, 5) is 19.5. The maximum absolute atomic E-state index is 13.5. The lowest BCUT2D eigenvalue weighted by molar-refractivity contribution is 0.102. The lowest BCUT2D eigenvalue weighted by atomic mass is 9.72. The number of benzene rings is 1. The molecule has 4 aromatic rings. The van der Waals surface area contributed by atoms with Crippen LogP contribution in [-0.4, -0.2) is 10.9 Å². The predicted molar refractivity (Wildman–Crippen MR) is 136 cm³/mol. The number of rotatable bonds is 3. The van der Waals surface area contributed by atoms with E-state index in [0.29, 0.717) is 33.5 Å². The van der Waals surface area contributed by atoms with Crippen LogP contribution in [0.5, 0.6) is 0 Å². The van der Waals surface area contributed by atoms with E-state index in [-0.39, 0.29) is 11.3 Å². The molecule has 172 valence electrons. The molecule has 1 aliphatic rings. The molecule has 1 aromatic carbocycles. The summed E-state index contributed by atoms with van der Waals surface area (Å²) < 4.78 is 5.77. The summed E-state index contributed by atoms with van der Waals surface area (Å²) in [5.74, 6) is 1.73. The number of aryl methyl sites for hydroxylation is 1. The molecule has 1 aliphatic carbocycles. The highest BCUT2D eigenvalue weighted by Gasteiger charge is 2.32. The van der Waals surface area contributed by atoms with E-state index in [2.05, 4.69) is 32.2 Å². The Labute approximate surface area is 203 Å². The van der Waals surface area contributed by atoms with Crippen molar-refractivity contribution >= 4 is 33.1 Å². The SMILES string of the molecule is Cc1ccc(-c2cc(C(=O)Nc3sc4c(c3C#N)CC[C@@H](C(C)(C)C)C4)c3ccccc3n2)o1. The monoisotopic (exact) mass is 469 g/mol. The number of nitriles is 1. The number of pyridine rings is 1. The molecule has 0 unspecified atom stereocenters. The van der Waals surface area contributed by atoms with E-state index in [1.807, 2.05) is 43.3 Å². The molecule has 1 atom stereocenters. The minimum atomic E-state index is -0.245. The number of carbonyl (C=O) groups excluding carboxylic acids is 1. The first-order chi connectivity index (χ1) is 16.2. The second-order valence-electron chi connectivity index (χ2n) is 10.1. The van der Waals surface area contributed by atoms with E-state index < -0.39 is 0 Å². The summed E-state index contributed by atoms with van der Waals surface area (Å²) in [6, 6.07) is 15.5. The van der Waals surface area contributed by atoms with Crippen molar-refractivity contribution in [3.63, 3.8) is 0 Å². The minimum absolute atomic E-state index is 0.217. The zero-order chi connectivity index (χ0) is 24.0. The van der Waals surface area contributed by atoms with E-state index in [0.717, 1.165) is 41.5 Å². The number of anilines is 1. The molecule has 3 aromatic heterocycles. The van der Waals surface area contributed by atoms with Gasteiger partial charge in [0.05, 0.1) is 16.6 Å². The van der Waals surface area contributed by atoms with Crippen molar-refractivity contribution in [3.8, 4) is 17.5 Å². The van der Waals surface area contributed by atoms with Crippen molar-refractivity contribution < 1.29 is 9.21 Å². The molecule has 0 saturated carbocycles. The zero-order valence-corrected chi connectivity index (χ0v) is 20.7. The van der Waals surface area contributed by atoms with Crippen LogP contribution >= 0.6 is 11.3 Å². The third-order valence-electron chi connectivity index (χ3n) is 6.78. The van der Waals surface area contributed by atoms with Crippen molar-refractivity contribution in [2.45, 2.75) is 47.0 Å². The van der Waals surface area contributed by atoms with E-state index in [4.69, 9.17) is 9.40 Å². The third-order valence-corrected chi connectivity index (χ3v) is 7.95. The van der Waals surface area contributed by atoms with E-state index in [1.54, 1.807) is 17.4 Å². The summed E-state index contributed by atoms with van der Waals surface area (Å²) in [6.45, 7) is 8.70. The van der Waals surface area contributed by atoms with Gasteiger partial charge in [0.15, 0.2) is 5.76 Å². The molecule has 5 rings (SSSR count). The number of aromatic nitrogens is 1. The minimum Gasteiger partial charge on any atom is -0.460 e. The van der Waals surface area contributed by atoms with Gasteiger partial charge >= 0.3 is 0 Å². The van der Waals surface area contributed by atoms with Crippen LogP contribution in [0.1, 0.15) is 59.3 Å². The van der Waals surface area contributed by atoms with Crippen LogP contribution in [0.4, 0.5) is 5.00 Å².